The first kappa shape index (κ1) is 14.1. The molecular weight excluding hydrogens is 238 g/mol. The van der Waals surface area contributed by atoms with Crippen molar-refractivity contribution in [3.05, 3.63) is 11.8 Å². The molecule has 0 aromatic carbocycles. The topological polar surface area (TPSA) is 44.3 Å². The van der Waals surface area contributed by atoms with Crippen molar-refractivity contribution < 1.29 is 0 Å². The van der Waals surface area contributed by atoms with Crippen LogP contribution in [0, 0.1) is 6.92 Å². The summed E-state index contributed by atoms with van der Waals surface area (Å²) in [5.41, 5.74) is 1.13. The lowest BCUT2D eigenvalue weighted by molar-refractivity contribution is 0.270. The molecule has 1 aromatic rings. The predicted octanol–water partition coefficient (Wildman–Crippen LogP) is 1.75. The summed E-state index contributed by atoms with van der Waals surface area (Å²) in [6.07, 6.45) is 4.50. The lowest BCUT2D eigenvalue weighted by Gasteiger charge is -2.29. The van der Waals surface area contributed by atoms with Gasteiger partial charge in [0.15, 0.2) is 0 Å². The molecule has 5 heteroatoms. The average Bonchev–Trinajstić information content (AvgIpc) is 2.86. The molecule has 0 saturated carbocycles. The van der Waals surface area contributed by atoms with Gasteiger partial charge in [0.1, 0.15) is 5.82 Å². The molecule has 1 unspecified atom stereocenters. The minimum Gasteiger partial charge on any atom is -0.358 e. The van der Waals surface area contributed by atoms with E-state index in [1.807, 2.05) is 13.2 Å². The number of hydrogen-bond acceptors (Lipinski definition) is 5. The Balaban J connectivity index is 2.08. The van der Waals surface area contributed by atoms with Crippen molar-refractivity contribution >= 4 is 11.8 Å². The lowest BCUT2D eigenvalue weighted by atomic mass is 10.2. The quantitative estimate of drug-likeness (QED) is 0.877. The number of aromatic nitrogens is 2. The second-order valence-corrected chi connectivity index (χ2v) is 5.26. The van der Waals surface area contributed by atoms with Gasteiger partial charge >= 0.3 is 0 Å². The number of hydrogen-bond donors (Lipinski definition) is 1. The summed E-state index contributed by atoms with van der Waals surface area (Å²) >= 11 is 0. The van der Waals surface area contributed by atoms with Crippen LogP contribution in [0.2, 0.25) is 0 Å². The van der Waals surface area contributed by atoms with Crippen LogP contribution in [0.15, 0.2) is 6.20 Å². The summed E-state index contributed by atoms with van der Waals surface area (Å²) in [4.78, 5) is 13.6. The van der Waals surface area contributed by atoms with Gasteiger partial charge in [-0.3, -0.25) is 4.90 Å². The number of nitrogens with one attached hydrogen (secondary N) is 1. The Labute approximate surface area is 116 Å². The van der Waals surface area contributed by atoms with Gasteiger partial charge in [0.25, 0.3) is 0 Å². The fourth-order valence-electron chi connectivity index (χ4n) is 2.86. The molecule has 1 N–H and O–H groups in total. The maximum atomic E-state index is 4.57. The number of anilines is 2. The van der Waals surface area contributed by atoms with E-state index in [0.29, 0.717) is 12.0 Å². The number of nitrogens with zero attached hydrogens (tertiary/aromatic N) is 4. The van der Waals surface area contributed by atoms with Crippen molar-refractivity contribution in [1.29, 1.82) is 0 Å². The van der Waals surface area contributed by atoms with E-state index in [1.165, 1.54) is 19.4 Å². The van der Waals surface area contributed by atoms with E-state index in [0.717, 1.165) is 24.5 Å². The first-order valence-corrected chi connectivity index (χ1v) is 7.12. The van der Waals surface area contributed by atoms with Gasteiger partial charge in [0.2, 0.25) is 5.95 Å². The third-order valence-electron chi connectivity index (χ3n) is 3.92. The van der Waals surface area contributed by atoms with Crippen molar-refractivity contribution in [2.24, 2.45) is 0 Å². The van der Waals surface area contributed by atoms with Gasteiger partial charge in [-0.2, -0.15) is 4.98 Å². The Morgan fingerprint density at radius 2 is 2.32 bits per heavy atom. The number of aryl methyl sites for hydroxylation is 1. The maximum Gasteiger partial charge on any atom is 0.224 e. The normalized spacial score (nSPS) is 19.7. The Hall–Kier alpha value is -1.36. The van der Waals surface area contributed by atoms with E-state index in [9.17, 15) is 0 Å². The lowest BCUT2D eigenvalue weighted by Crippen LogP contribution is -2.39. The second kappa shape index (κ2) is 6.19. The molecule has 0 spiro atoms. The van der Waals surface area contributed by atoms with Crippen LogP contribution >= 0.6 is 0 Å². The molecule has 0 aliphatic carbocycles. The monoisotopic (exact) mass is 263 g/mol. The van der Waals surface area contributed by atoms with E-state index < -0.39 is 0 Å². The molecular formula is C14H25N5. The van der Waals surface area contributed by atoms with Crippen LogP contribution in [-0.2, 0) is 0 Å². The zero-order chi connectivity index (χ0) is 13.8. The van der Waals surface area contributed by atoms with Crippen molar-refractivity contribution in [2.45, 2.75) is 32.7 Å². The summed E-state index contributed by atoms with van der Waals surface area (Å²) in [5, 5.41) is 3.00. The molecule has 2 rings (SSSR count). The van der Waals surface area contributed by atoms with Crippen molar-refractivity contribution in [3.63, 3.8) is 0 Å². The molecule has 106 valence electrons. The van der Waals surface area contributed by atoms with E-state index in [2.05, 4.69) is 46.0 Å². The molecule has 1 saturated heterocycles. The summed E-state index contributed by atoms with van der Waals surface area (Å²) in [6, 6.07) is 0.655. The van der Waals surface area contributed by atoms with Crippen LogP contribution in [-0.4, -0.2) is 54.6 Å². The molecule has 0 radical (unpaired) electrons. The Kier molecular flexibility index (Phi) is 4.58. The van der Waals surface area contributed by atoms with Crippen LogP contribution in [0.1, 0.15) is 25.3 Å². The van der Waals surface area contributed by atoms with Gasteiger partial charge in [-0.05, 0) is 32.9 Å². The predicted molar refractivity (Wildman–Crippen MR) is 79.9 cm³/mol. The van der Waals surface area contributed by atoms with Crippen LogP contribution in [0.5, 0.6) is 0 Å². The standard InChI is InChI=1S/C14H25N5/c1-5-19-8-6-7-12(19)10-18(4)13-11(2)9-16-14(15-3)17-13/h9,12H,5-8,10H2,1-4H3,(H,15,16,17). The average molecular weight is 263 g/mol. The Morgan fingerprint density at radius 3 is 3.00 bits per heavy atom. The SMILES string of the molecule is CCN1CCCC1CN(C)c1nc(NC)ncc1C. The van der Waals surface area contributed by atoms with Crippen LogP contribution < -0.4 is 10.2 Å². The maximum absolute atomic E-state index is 4.57. The van der Waals surface area contributed by atoms with Gasteiger partial charge in [-0.1, -0.05) is 6.92 Å². The third kappa shape index (κ3) is 3.15. The minimum atomic E-state index is 0.655. The highest BCUT2D eigenvalue weighted by Crippen LogP contribution is 2.21. The van der Waals surface area contributed by atoms with Gasteiger partial charge < -0.3 is 10.2 Å². The van der Waals surface area contributed by atoms with Gasteiger partial charge in [-0.25, -0.2) is 4.98 Å². The van der Waals surface area contributed by atoms with Crippen molar-refractivity contribution in [2.75, 3.05) is 43.9 Å². The highest BCUT2D eigenvalue weighted by Gasteiger charge is 2.24. The van der Waals surface area contributed by atoms with Crippen LogP contribution in [0.25, 0.3) is 0 Å². The molecule has 0 bridgehead atoms. The molecule has 2 heterocycles. The van der Waals surface area contributed by atoms with E-state index in [1.54, 1.807) is 0 Å². The summed E-state index contributed by atoms with van der Waals surface area (Å²) < 4.78 is 0. The molecule has 1 aromatic heterocycles. The van der Waals surface area contributed by atoms with Crippen LogP contribution in [0.4, 0.5) is 11.8 Å². The van der Waals surface area contributed by atoms with Crippen molar-refractivity contribution in [1.82, 2.24) is 14.9 Å². The zero-order valence-corrected chi connectivity index (χ0v) is 12.5. The molecule has 5 nitrogen and oxygen atoms in total. The third-order valence-corrected chi connectivity index (χ3v) is 3.92. The molecule has 1 fully saturated rings. The van der Waals surface area contributed by atoms with Crippen LogP contribution in [0.3, 0.4) is 0 Å². The molecule has 1 aliphatic rings. The molecule has 1 atom stereocenters. The number of rotatable bonds is 5. The summed E-state index contributed by atoms with van der Waals surface area (Å²) in [5.74, 6) is 1.72. The smallest absolute Gasteiger partial charge is 0.224 e. The zero-order valence-electron chi connectivity index (χ0n) is 12.5. The Bertz CT molecular complexity index is 420. The fraction of sp³-hybridized carbons (Fsp3) is 0.714. The molecule has 1 aliphatic heterocycles. The second-order valence-electron chi connectivity index (χ2n) is 5.26. The van der Waals surface area contributed by atoms with Crippen molar-refractivity contribution in [3.8, 4) is 0 Å². The fourth-order valence-corrected chi connectivity index (χ4v) is 2.86. The van der Waals surface area contributed by atoms with Gasteiger partial charge in [0, 0.05) is 38.4 Å². The first-order chi connectivity index (χ1) is 9.15. The number of likely N-dealkylation sites (tertiary alicyclic amines) is 1. The number of likely N-dealkylation sites (N-methyl/N-ethyl adjacent to an activating group) is 2. The highest BCUT2D eigenvalue weighted by atomic mass is 15.3. The Morgan fingerprint density at radius 1 is 1.53 bits per heavy atom. The van der Waals surface area contributed by atoms with E-state index >= 15 is 0 Å². The first-order valence-electron chi connectivity index (χ1n) is 7.12. The summed E-state index contributed by atoms with van der Waals surface area (Å²) in [7, 11) is 3.98. The summed E-state index contributed by atoms with van der Waals surface area (Å²) in [6.45, 7) is 7.72. The molecule has 0 amide bonds. The minimum absolute atomic E-state index is 0.655. The highest BCUT2D eigenvalue weighted by molar-refractivity contribution is 5.48. The van der Waals surface area contributed by atoms with Gasteiger partial charge in [-0.15, -0.1) is 0 Å². The molecule has 19 heavy (non-hydrogen) atoms. The largest absolute Gasteiger partial charge is 0.358 e. The van der Waals surface area contributed by atoms with E-state index in [4.69, 9.17) is 0 Å². The van der Waals surface area contributed by atoms with Gasteiger partial charge in [0.05, 0.1) is 0 Å². The van der Waals surface area contributed by atoms with E-state index in [-0.39, 0.29) is 0 Å².